The van der Waals surface area contributed by atoms with E-state index in [-0.39, 0.29) is 35.7 Å². The zero-order valence-corrected chi connectivity index (χ0v) is 15.3. The fourth-order valence-electron chi connectivity index (χ4n) is 2.75. The highest BCUT2D eigenvalue weighted by molar-refractivity contribution is 6.06. The molecule has 1 amide bonds. The first-order chi connectivity index (χ1) is 12.9. The maximum Gasteiger partial charge on any atom is 0.330 e. The first-order valence-corrected chi connectivity index (χ1v) is 8.42. The maximum absolute atomic E-state index is 12.6. The number of aromatic nitrogens is 3. The molecule has 0 atom stereocenters. The van der Waals surface area contributed by atoms with Crippen molar-refractivity contribution in [1.82, 2.24) is 14.5 Å². The molecule has 8 nitrogen and oxygen atoms in total. The molecule has 0 bridgehead atoms. The SMILES string of the molecule is COCCn1c(=O)[nH]c(=O)c2cc(C(=O)Nc3ccc(C)cc3)c(C)nc21. The van der Waals surface area contributed by atoms with Crippen LogP contribution >= 0.6 is 0 Å². The van der Waals surface area contributed by atoms with Crippen molar-refractivity contribution in [2.45, 2.75) is 20.4 Å². The van der Waals surface area contributed by atoms with E-state index in [4.69, 9.17) is 4.74 Å². The van der Waals surface area contributed by atoms with Gasteiger partial charge in [0.1, 0.15) is 5.65 Å². The quantitative estimate of drug-likeness (QED) is 0.711. The molecule has 8 heteroatoms. The van der Waals surface area contributed by atoms with Crippen LogP contribution in [0.3, 0.4) is 0 Å². The molecule has 0 spiro atoms. The molecule has 0 unspecified atom stereocenters. The summed E-state index contributed by atoms with van der Waals surface area (Å²) in [6.45, 7) is 4.15. The number of hydrogen-bond donors (Lipinski definition) is 2. The molecule has 0 aliphatic heterocycles. The molecule has 3 rings (SSSR count). The summed E-state index contributed by atoms with van der Waals surface area (Å²) in [7, 11) is 1.52. The van der Waals surface area contributed by atoms with Gasteiger partial charge in [-0.25, -0.2) is 9.78 Å². The number of ether oxygens (including phenoxy) is 1. The molecule has 0 aliphatic carbocycles. The van der Waals surface area contributed by atoms with Gasteiger partial charge in [0.2, 0.25) is 0 Å². The zero-order chi connectivity index (χ0) is 19.6. The van der Waals surface area contributed by atoms with Gasteiger partial charge >= 0.3 is 5.69 Å². The van der Waals surface area contributed by atoms with E-state index in [0.29, 0.717) is 11.4 Å². The molecule has 0 radical (unpaired) electrons. The highest BCUT2D eigenvalue weighted by Crippen LogP contribution is 2.16. The van der Waals surface area contributed by atoms with Gasteiger partial charge in [-0.05, 0) is 32.0 Å². The normalized spacial score (nSPS) is 10.9. The smallest absolute Gasteiger partial charge is 0.330 e. The van der Waals surface area contributed by atoms with Crippen LogP contribution in [0.2, 0.25) is 0 Å². The van der Waals surface area contributed by atoms with E-state index in [1.807, 2.05) is 19.1 Å². The van der Waals surface area contributed by atoms with Crippen LogP contribution in [0.4, 0.5) is 5.69 Å². The number of nitrogens with one attached hydrogen (secondary N) is 2. The Labute approximate surface area is 154 Å². The monoisotopic (exact) mass is 368 g/mol. The van der Waals surface area contributed by atoms with Crippen LogP contribution in [0.25, 0.3) is 11.0 Å². The van der Waals surface area contributed by atoms with Crippen LogP contribution in [-0.4, -0.2) is 34.2 Å². The number of methoxy groups -OCH3 is 1. The number of carbonyl (C=O) groups is 1. The molecule has 3 aromatic rings. The van der Waals surface area contributed by atoms with Crippen molar-refractivity contribution in [3.8, 4) is 0 Å². The number of H-pyrrole nitrogens is 1. The number of benzene rings is 1. The lowest BCUT2D eigenvalue weighted by atomic mass is 10.1. The topological polar surface area (TPSA) is 106 Å². The average Bonchev–Trinajstić information content (AvgIpc) is 2.63. The van der Waals surface area contributed by atoms with Crippen molar-refractivity contribution in [2.24, 2.45) is 0 Å². The Morgan fingerprint density at radius 3 is 2.59 bits per heavy atom. The minimum absolute atomic E-state index is 0.172. The van der Waals surface area contributed by atoms with Crippen LogP contribution in [0.5, 0.6) is 0 Å². The third-order valence-corrected chi connectivity index (χ3v) is 4.23. The third kappa shape index (κ3) is 3.80. The molecule has 0 saturated heterocycles. The van der Waals surface area contributed by atoms with Gasteiger partial charge in [0.25, 0.3) is 11.5 Å². The molecule has 0 fully saturated rings. The van der Waals surface area contributed by atoms with Crippen LogP contribution in [0.15, 0.2) is 39.9 Å². The molecule has 2 heterocycles. The van der Waals surface area contributed by atoms with E-state index < -0.39 is 11.2 Å². The molecular formula is C19H20N4O4. The highest BCUT2D eigenvalue weighted by atomic mass is 16.5. The second-order valence-electron chi connectivity index (χ2n) is 6.22. The molecule has 2 aromatic heterocycles. The van der Waals surface area contributed by atoms with Gasteiger partial charge in [-0.15, -0.1) is 0 Å². The Balaban J connectivity index is 2.06. The fraction of sp³-hybridized carbons (Fsp3) is 0.263. The molecular weight excluding hydrogens is 348 g/mol. The van der Waals surface area contributed by atoms with E-state index in [0.717, 1.165) is 5.56 Å². The Bertz CT molecular complexity index is 1110. The molecule has 0 aliphatic rings. The molecule has 1 aromatic carbocycles. The van der Waals surface area contributed by atoms with Crippen molar-refractivity contribution < 1.29 is 9.53 Å². The number of anilines is 1. The van der Waals surface area contributed by atoms with E-state index in [1.165, 1.54) is 17.7 Å². The minimum atomic E-state index is -0.583. The van der Waals surface area contributed by atoms with E-state index in [9.17, 15) is 14.4 Å². The molecule has 2 N–H and O–H groups in total. The lowest BCUT2D eigenvalue weighted by Gasteiger charge is -2.12. The maximum atomic E-state index is 12.6. The van der Waals surface area contributed by atoms with E-state index >= 15 is 0 Å². The second-order valence-corrected chi connectivity index (χ2v) is 6.22. The Kier molecular flexibility index (Phi) is 5.18. The fourth-order valence-corrected chi connectivity index (χ4v) is 2.75. The number of rotatable bonds is 5. The van der Waals surface area contributed by atoms with Crippen molar-refractivity contribution >= 4 is 22.6 Å². The van der Waals surface area contributed by atoms with Crippen LogP contribution in [0, 0.1) is 13.8 Å². The number of aromatic amines is 1. The largest absolute Gasteiger partial charge is 0.383 e. The predicted octanol–water partition coefficient (Wildman–Crippen LogP) is 1.60. The lowest BCUT2D eigenvalue weighted by molar-refractivity contribution is 0.102. The minimum Gasteiger partial charge on any atom is -0.383 e. The van der Waals surface area contributed by atoms with Crippen molar-refractivity contribution in [3.63, 3.8) is 0 Å². The Morgan fingerprint density at radius 2 is 1.93 bits per heavy atom. The Morgan fingerprint density at radius 1 is 1.22 bits per heavy atom. The third-order valence-electron chi connectivity index (χ3n) is 4.23. The van der Waals surface area contributed by atoms with Gasteiger partial charge < -0.3 is 10.1 Å². The second kappa shape index (κ2) is 7.55. The van der Waals surface area contributed by atoms with Gasteiger partial charge in [0.05, 0.1) is 29.8 Å². The highest BCUT2D eigenvalue weighted by Gasteiger charge is 2.16. The number of amides is 1. The van der Waals surface area contributed by atoms with E-state index in [1.54, 1.807) is 19.1 Å². The average molecular weight is 368 g/mol. The van der Waals surface area contributed by atoms with Crippen molar-refractivity contribution in [1.29, 1.82) is 0 Å². The van der Waals surface area contributed by atoms with Crippen LogP contribution in [-0.2, 0) is 11.3 Å². The van der Waals surface area contributed by atoms with Crippen molar-refractivity contribution in [2.75, 3.05) is 19.0 Å². The summed E-state index contributed by atoms with van der Waals surface area (Å²) in [6, 6.07) is 8.84. The number of nitrogens with zero attached hydrogens (tertiary/aromatic N) is 2. The van der Waals surface area contributed by atoms with Gasteiger partial charge in [-0.1, -0.05) is 17.7 Å². The number of carbonyl (C=O) groups excluding carboxylic acids is 1. The summed E-state index contributed by atoms with van der Waals surface area (Å²) in [5.41, 5.74) is 1.49. The summed E-state index contributed by atoms with van der Waals surface area (Å²) >= 11 is 0. The summed E-state index contributed by atoms with van der Waals surface area (Å²) in [4.78, 5) is 43.6. The summed E-state index contributed by atoms with van der Waals surface area (Å²) in [5.74, 6) is -0.375. The molecule has 0 saturated carbocycles. The summed E-state index contributed by atoms with van der Waals surface area (Å²) < 4.78 is 6.33. The first-order valence-electron chi connectivity index (χ1n) is 8.42. The number of fused-ring (bicyclic) bond motifs is 1. The summed E-state index contributed by atoms with van der Waals surface area (Å²) in [5, 5.41) is 2.96. The van der Waals surface area contributed by atoms with Gasteiger partial charge in [0, 0.05) is 12.8 Å². The molecule has 27 heavy (non-hydrogen) atoms. The zero-order valence-electron chi connectivity index (χ0n) is 15.3. The standard InChI is InChI=1S/C19H20N4O4/c1-11-4-6-13(7-5-11)21-17(24)14-10-15-16(20-12(14)2)23(8-9-27-3)19(26)22-18(15)25/h4-7,10H,8-9H2,1-3H3,(H,21,24)(H,22,25,26). The summed E-state index contributed by atoms with van der Waals surface area (Å²) in [6.07, 6.45) is 0. The van der Waals surface area contributed by atoms with Gasteiger partial charge in [-0.2, -0.15) is 0 Å². The number of aryl methyl sites for hydroxylation is 2. The van der Waals surface area contributed by atoms with Crippen LogP contribution < -0.4 is 16.6 Å². The van der Waals surface area contributed by atoms with Gasteiger partial charge in [0.15, 0.2) is 0 Å². The van der Waals surface area contributed by atoms with Crippen molar-refractivity contribution in [3.05, 3.63) is 68.0 Å². The van der Waals surface area contributed by atoms with Crippen LogP contribution in [0.1, 0.15) is 21.6 Å². The number of pyridine rings is 1. The lowest BCUT2D eigenvalue weighted by Crippen LogP contribution is -2.32. The molecule has 140 valence electrons. The Hall–Kier alpha value is -3.26. The predicted molar refractivity (Wildman–Crippen MR) is 102 cm³/mol. The van der Waals surface area contributed by atoms with E-state index in [2.05, 4.69) is 15.3 Å². The van der Waals surface area contributed by atoms with Gasteiger partial charge in [-0.3, -0.25) is 19.1 Å². The first kappa shape index (κ1) is 18.5. The number of hydrogen-bond acceptors (Lipinski definition) is 5.